The van der Waals surface area contributed by atoms with Gasteiger partial charge < -0.3 is 5.32 Å². The number of terminal acetylenes is 1. The van der Waals surface area contributed by atoms with Crippen LogP contribution < -0.4 is 5.32 Å². The Morgan fingerprint density at radius 1 is 1.85 bits per heavy atom. The summed E-state index contributed by atoms with van der Waals surface area (Å²) >= 11 is 0. The number of hydrogen-bond acceptors (Lipinski definition) is 2. The molecule has 4 heteroatoms. The van der Waals surface area contributed by atoms with Crippen LogP contribution in [0.1, 0.15) is 17.7 Å². The van der Waals surface area contributed by atoms with Gasteiger partial charge in [-0.2, -0.15) is 5.10 Å². The maximum absolute atomic E-state index is 11.0. The third kappa shape index (κ3) is 2.64. The summed E-state index contributed by atoms with van der Waals surface area (Å²) in [4.78, 5) is 11.0. The van der Waals surface area contributed by atoms with Gasteiger partial charge in [-0.1, -0.05) is 5.92 Å². The van der Waals surface area contributed by atoms with Crippen molar-refractivity contribution in [3.05, 3.63) is 17.5 Å². The summed E-state index contributed by atoms with van der Waals surface area (Å²) < 4.78 is 0. The first-order valence-electron chi connectivity index (χ1n) is 3.93. The number of hydrogen-bond donors (Lipinski definition) is 2. The van der Waals surface area contributed by atoms with Crippen molar-refractivity contribution in [2.75, 3.05) is 0 Å². The number of aromatic nitrogens is 2. The minimum atomic E-state index is -0.136. The molecule has 0 aliphatic rings. The average Bonchev–Trinajstić information content (AvgIpc) is 2.48. The molecule has 0 saturated carbocycles. The van der Waals surface area contributed by atoms with E-state index in [0.717, 1.165) is 11.3 Å². The van der Waals surface area contributed by atoms with Crippen LogP contribution in [0.2, 0.25) is 0 Å². The van der Waals surface area contributed by atoms with Gasteiger partial charge in [-0.25, -0.2) is 0 Å². The van der Waals surface area contributed by atoms with E-state index in [1.807, 2.05) is 6.92 Å². The number of amides is 1. The van der Waals surface area contributed by atoms with E-state index < -0.39 is 0 Å². The van der Waals surface area contributed by atoms with Crippen LogP contribution in [-0.4, -0.2) is 16.1 Å². The molecule has 13 heavy (non-hydrogen) atoms. The first kappa shape index (κ1) is 9.33. The zero-order valence-corrected chi connectivity index (χ0v) is 7.42. The highest BCUT2D eigenvalue weighted by atomic mass is 16.1. The maximum Gasteiger partial charge on any atom is 0.232 e. The molecule has 0 spiro atoms. The molecule has 0 fully saturated rings. The van der Waals surface area contributed by atoms with Crippen molar-refractivity contribution in [2.24, 2.45) is 0 Å². The van der Waals surface area contributed by atoms with E-state index in [4.69, 9.17) is 6.42 Å². The quantitative estimate of drug-likeness (QED) is 0.655. The fourth-order valence-electron chi connectivity index (χ4n) is 0.903. The summed E-state index contributed by atoms with van der Waals surface area (Å²) in [5.41, 5.74) is 1.94. The van der Waals surface area contributed by atoms with Crippen LogP contribution in [-0.2, 0) is 11.3 Å². The third-order valence-electron chi connectivity index (χ3n) is 1.67. The molecular formula is C9H11N3O. The Labute approximate surface area is 76.7 Å². The zero-order chi connectivity index (χ0) is 9.68. The molecule has 1 aromatic rings. The zero-order valence-electron chi connectivity index (χ0n) is 7.42. The van der Waals surface area contributed by atoms with Crippen LogP contribution in [0, 0.1) is 19.3 Å². The second-order valence-corrected chi connectivity index (χ2v) is 2.68. The van der Waals surface area contributed by atoms with Crippen molar-refractivity contribution >= 4 is 5.91 Å². The number of carbonyl (C=O) groups is 1. The second kappa shape index (κ2) is 4.31. The molecular weight excluding hydrogens is 166 g/mol. The highest BCUT2D eigenvalue weighted by Gasteiger charge is 2.02. The molecule has 1 amide bonds. The molecule has 1 rings (SSSR count). The Hall–Kier alpha value is -1.76. The van der Waals surface area contributed by atoms with Gasteiger partial charge >= 0.3 is 0 Å². The van der Waals surface area contributed by atoms with Gasteiger partial charge in [-0.3, -0.25) is 9.89 Å². The molecule has 0 unspecified atom stereocenters. The van der Waals surface area contributed by atoms with Gasteiger partial charge in [0.25, 0.3) is 0 Å². The first-order chi connectivity index (χ1) is 6.24. The number of carbonyl (C=O) groups excluding carboxylic acids is 1. The molecule has 1 heterocycles. The molecule has 0 saturated heterocycles. The molecule has 0 bridgehead atoms. The van der Waals surface area contributed by atoms with E-state index in [1.54, 1.807) is 6.20 Å². The van der Waals surface area contributed by atoms with E-state index in [-0.39, 0.29) is 12.3 Å². The summed E-state index contributed by atoms with van der Waals surface area (Å²) in [6, 6.07) is 0. The highest BCUT2D eigenvalue weighted by Crippen LogP contribution is 2.00. The van der Waals surface area contributed by atoms with Crippen LogP contribution in [0.15, 0.2) is 6.20 Å². The van der Waals surface area contributed by atoms with Crippen LogP contribution in [0.25, 0.3) is 0 Å². The van der Waals surface area contributed by atoms with E-state index in [2.05, 4.69) is 21.4 Å². The van der Waals surface area contributed by atoms with Gasteiger partial charge in [0.2, 0.25) is 5.91 Å². The van der Waals surface area contributed by atoms with Crippen molar-refractivity contribution in [1.29, 1.82) is 0 Å². The smallest absolute Gasteiger partial charge is 0.232 e. The summed E-state index contributed by atoms with van der Waals surface area (Å²) in [6.45, 7) is 2.37. The number of nitrogens with zero attached hydrogens (tertiary/aromatic N) is 1. The summed E-state index contributed by atoms with van der Waals surface area (Å²) in [5, 5.41) is 9.30. The largest absolute Gasteiger partial charge is 0.351 e. The van der Waals surface area contributed by atoms with Gasteiger partial charge in [-0.05, 0) is 6.92 Å². The average molecular weight is 177 g/mol. The van der Waals surface area contributed by atoms with E-state index in [1.165, 1.54) is 0 Å². The SMILES string of the molecule is C#CCC(=O)NCc1cn[nH]c1C. The van der Waals surface area contributed by atoms with Crippen LogP contribution in [0.3, 0.4) is 0 Å². The Balaban J connectivity index is 2.40. The van der Waals surface area contributed by atoms with Crippen molar-refractivity contribution in [3.8, 4) is 12.3 Å². The summed E-state index contributed by atoms with van der Waals surface area (Å²) in [5.74, 6) is 2.14. The number of nitrogens with one attached hydrogen (secondary N) is 2. The molecule has 0 radical (unpaired) electrons. The lowest BCUT2D eigenvalue weighted by atomic mass is 10.2. The molecule has 0 atom stereocenters. The van der Waals surface area contributed by atoms with Gasteiger partial charge in [-0.15, -0.1) is 6.42 Å². The lowest BCUT2D eigenvalue weighted by Gasteiger charge is -2.00. The first-order valence-corrected chi connectivity index (χ1v) is 3.93. The minimum Gasteiger partial charge on any atom is -0.351 e. The van der Waals surface area contributed by atoms with Gasteiger partial charge in [0, 0.05) is 17.8 Å². The topological polar surface area (TPSA) is 57.8 Å². The molecule has 0 aromatic carbocycles. The van der Waals surface area contributed by atoms with Crippen molar-refractivity contribution in [2.45, 2.75) is 19.9 Å². The fourth-order valence-corrected chi connectivity index (χ4v) is 0.903. The fraction of sp³-hybridized carbons (Fsp3) is 0.333. The summed E-state index contributed by atoms with van der Waals surface area (Å²) in [7, 11) is 0. The minimum absolute atomic E-state index is 0.122. The standard InChI is InChI=1S/C9H11N3O/c1-3-4-9(13)10-5-8-6-11-12-7(8)2/h1,6H,4-5H2,2H3,(H,10,13)(H,11,12). The molecule has 68 valence electrons. The lowest BCUT2D eigenvalue weighted by Crippen LogP contribution is -2.21. The van der Waals surface area contributed by atoms with E-state index >= 15 is 0 Å². The highest BCUT2D eigenvalue weighted by molar-refractivity contribution is 5.78. The second-order valence-electron chi connectivity index (χ2n) is 2.68. The van der Waals surface area contributed by atoms with Crippen LogP contribution in [0.5, 0.6) is 0 Å². The van der Waals surface area contributed by atoms with Gasteiger partial charge in [0.05, 0.1) is 12.6 Å². The van der Waals surface area contributed by atoms with Crippen molar-refractivity contribution < 1.29 is 4.79 Å². The molecule has 0 aliphatic heterocycles. The lowest BCUT2D eigenvalue weighted by molar-refractivity contribution is -0.120. The molecule has 1 aromatic heterocycles. The Kier molecular flexibility index (Phi) is 3.09. The van der Waals surface area contributed by atoms with E-state index in [0.29, 0.717) is 6.54 Å². The summed E-state index contributed by atoms with van der Waals surface area (Å²) in [6.07, 6.45) is 6.79. The number of rotatable bonds is 3. The normalized spacial score (nSPS) is 9.23. The third-order valence-corrected chi connectivity index (χ3v) is 1.67. The predicted octanol–water partition coefficient (Wildman–Crippen LogP) is 0.358. The predicted molar refractivity (Wildman–Crippen MR) is 48.6 cm³/mol. The molecule has 0 aliphatic carbocycles. The van der Waals surface area contributed by atoms with Crippen molar-refractivity contribution in [3.63, 3.8) is 0 Å². The number of aromatic amines is 1. The Morgan fingerprint density at radius 2 is 2.62 bits per heavy atom. The van der Waals surface area contributed by atoms with Crippen molar-refractivity contribution in [1.82, 2.24) is 15.5 Å². The van der Waals surface area contributed by atoms with E-state index in [9.17, 15) is 4.79 Å². The van der Waals surface area contributed by atoms with Crippen LogP contribution >= 0.6 is 0 Å². The van der Waals surface area contributed by atoms with Gasteiger partial charge in [0.1, 0.15) is 0 Å². The monoisotopic (exact) mass is 177 g/mol. The Bertz CT molecular complexity index is 335. The maximum atomic E-state index is 11.0. The molecule has 4 nitrogen and oxygen atoms in total. The number of H-pyrrole nitrogens is 1. The Morgan fingerprint density at radius 3 is 3.15 bits per heavy atom. The van der Waals surface area contributed by atoms with Crippen LogP contribution in [0.4, 0.5) is 0 Å². The van der Waals surface area contributed by atoms with Gasteiger partial charge in [0.15, 0.2) is 0 Å². The number of aryl methyl sites for hydroxylation is 1. The molecule has 2 N–H and O–H groups in total.